The normalized spacial score (nSPS) is 12.2. The SMILES string of the molecule is COCC(CCN)NC(=O)c1c(C)cccc1C. The van der Waals surface area contributed by atoms with Crippen molar-refractivity contribution < 1.29 is 9.53 Å². The lowest BCUT2D eigenvalue weighted by Crippen LogP contribution is -2.40. The van der Waals surface area contributed by atoms with Gasteiger partial charge in [0.05, 0.1) is 12.6 Å². The minimum atomic E-state index is -0.0545. The van der Waals surface area contributed by atoms with Gasteiger partial charge in [0.1, 0.15) is 0 Å². The number of hydrogen-bond donors (Lipinski definition) is 2. The van der Waals surface area contributed by atoms with Crippen LogP contribution in [0.1, 0.15) is 27.9 Å². The monoisotopic (exact) mass is 250 g/mol. The fourth-order valence-electron chi connectivity index (χ4n) is 2.03. The minimum Gasteiger partial charge on any atom is -0.383 e. The summed E-state index contributed by atoms with van der Waals surface area (Å²) in [7, 11) is 1.62. The lowest BCUT2D eigenvalue weighted by atomic mass is 10.0. The highest BCUT2D eigenvalue weighted by Crippen LogP contribution is 2.13. The number of benzene rings is 1. The van der Waals surface area contributed by atoms with E-state index in [1.807, 2.05) is 32.0 Å². The van der Waals surface area contributed by atoms with E-state index in [-0.39, 0.29) is 11.9 Å². The second kappa shape index (κ2) is 7.13. The molecule has 4 heteroatoms. The quantitative estimate of drug-likeness (QED) is 0.802. The van der Waals surface area contributed by atoms with Crippen molar-refractivity contribution in [3.63, 3.8) is 0 Å². The minimum absolute atomic E-state index is 0.0356. The number of hydrogen-bond acceptors (Lipinski definition) is 3. The Labute approximate surface area is 109 Å². The Hall–Kier alpha value is -1.39. The molecule has 1 unspecified atom stereocenters. The van der Waals surface area contributed by atoms with Crippen LogP contribution in [0.3, 0.4) is 0 Å². The van der Waals surface area contributed by atoms with Crippen LogP contribution in [0.15, 0.2) is 18.2 Å². The predicted octanol–water partition coefficient (Wildman–Crippen LogP) is 1.40. The Morgan fingerprint density at radius 2 is 2.00 bits per heavy atom. The standard InChI is InChI=1S/C14H22N2O2/c1-10-5-4-6-11(2)13(10)14(17)16-12(7-8-15)9-18-3/h4-6,12H,7-9,15H2,1-3H3,(H,16,17). The van der Waals surface area contributed by atoms with Gasteiger partial charge in [0.15, 0.2) is 0 Å². The molecule has 0 saturated heterocycles. The average molecular weight is 250 g/mol. The van der Waals surface area contributed by atoms with Crippen molar-refractivity contribution in [3.05, 3.63) is 34.9 Å². The summed E-state index contributed by atoms with van der Waals surface area (Å²) in [5, 5.41) is 2.97. The zero-order chi connectivity index (χ0) is 13.5. The maximum Gasteiger partial charge on any atom is 0.252 e. The summed E-state index contributed by atoms with van der Waals surface area (Å²) in [6.07, 6.45) is 0.713. The first-order valence-corrected chi connectivity index (χ1v) is 6.16. The van der Waals surface area contributed by atoms with E-state index in [0.717, 1.165) is 16.7 Å². The molecule has 3 N–H and O–H groups in total. The van der Waals surface area contributed by atoms with E-state index in [1.165, 1.54) is 0 Å². The van der Waals surface area contributed by atoms with Crippen LogP contribution in [0.25, 0.3) is 0 Å². The van der Waals surface area contributed by atoms with E-state index in [9.17, 15) is 4.79 Å². The van der Waals surface area contributed by atoms with Gasteiger partial charge in [-0.05, 0) is 37.9 Å². The Morgan fingerprint density at radius 3 is 2.50 bits per heavy atom. The molecule has 4 nitrogen and oxygen atoms in total. The number of nitrogens with one attached hydrogen (secondary N) is 1. The molecule has 0 fully saturated rings. The lowest BCUT2D eigenvalue weighted by Gasteiger charge is -2.18. The molecule has 100 valence electrons. The van der Waals surface area contributed by atoms with E-state index in [1.54, 1.807) is 7.11 Å². The summed E-state index contributed by atoms with van der Waals surface area (Å²) in [4.78, 5) is 12.2. The first-order chi connectivity index (χ1) is 8.60. The maximum absolute atomic E-state index is 12.2. The van der Waals surface area contributed by atoms with Crippen molar-refractivity contribution >= 4 is 5.91 Å². The van der Waals surface area contributed by atoms with Gasteiger partial charge in [-0.25, -0.2) is 0 Å². The van der Waals surface area contributed by atoms with Gasteiger partial charge in [-0.15, -0.1) is 0 Å². The van der Waals surface area contributed by atoms with Crippen LogP contribution in [0.4, 0.5) is 0 Å². The van der Waals surface area contributed by atoms with E-state index < -0.39 is 0 Å². The lowest BCUT2D eigenvalue weighted by molar-refractivity contribution is 0.0892. The number of ether oxygens (including phenoxy) is 1. The third kappa shape index (κ3) is 3.82. The highest BCUT2D eigenvalue weighted by Gasteiger charge is 2.16. The molecule has 0 radical (unpaired) electrons. The number of rotatable bonds is 6. The number of carbonyl (C=O) groups is 1. The van der Waals surface area contributed by atoms with E-state index in [0.29, 0.717) is 19.6 Å². The molecule has 0 aliphatic carbocycles. The molecule has 1 rings (SSSR count). The van der Waals surface area contributed by atoms with Crippen LogP contribution in [-0.2, 0) is 4.74 Å². The van der Waals surface area contributed by atoms with E-state index in [2.05, 4.69) is 5.32 Å². The summed E-state index contributed by atoms with van der Waals surface area (Å²) in [5.41, 5.74) is 8.24. The molecule has 0 aromatic heterocycles. The largest absolute Gasteiger partial charge is 0.383 e. The van der Waals surface area contributed by atoms with Crippen LogP contribution >= 0.6 is 0 Å². The average Bonchev–Trinajstić information content (AvgIpc) is 2.29. The van der Waals surface area contributed by atoms with Gasteiger partial charge in [0.2, 0.25) is 0 Å². The second-order valence-corrected chi connectivity index (χ2v) is 4.47. The van der Waals surface area contributed by atoms with Gasteiger partial charge < -0.3 is 15.8 Å². The van der Waals surface area contributed by atoms with E-state index >= 15 is 0 Å². The number of amides is 1. The predicted molar refractivity (Wildman–Crippen MR) is 72.7 cm³/mol. The Morgan fingerprint density at radius 1 is 1.39 bits per heavy atom. The number of nitrogens with two attached hydrogens (primary N) is 1. The molecule has 1 atom stereocenters. The van der Waals surface area contributed by atoms with Gasteiger partial charge in [-0.2, -0.15) is 0 Å². The zero-order valence-electron chi connectivity index (χ0n) is 11.3. The molecule has 0 saturated carbocycles. The van der Waals surface area contributed by atoms with Crippen LogP contribution < -0.4 is 11.1 Å². The number of aryl methyl sites for hydroxylation is 2. The second-order valence-electron chi connectivity index (χ2n) is 4.47. The van der Waals surface area contributed by atoms with Crippen molar-refractivity contribution in [3.8, 4) is 0 Å². The Balaban J connectivity index is 2.80. The topological polar surface area (TPSA) is 64.3 Å². The summed E-state index contributed by atoms with van der Waals surface area (Å²) in [5.74, 6) is -0.0545. The molecule has 0 spiro atoms. The van der Waals surface area contributed by atoms with Crippen LogP contribution in [-0.4, -0.2) is 32.2 Å². The maximum atomic E-state index is 12.2. The molecule has 18 heavy (non-hydrogen) atoms. The summed E-state index contributed by atoms with van der Waals surface area (Å²) in [6, 6.07) is 5.80. The zero-order valence-corrected chi connectivity index (χ0v) is 11.3. The van der Waals surface area contributed by atoms with Crippen molar-refractivity contribution in [2.24, 2.45) is 5.73 Å². The number of carbonyl (C=O) groups excluding carboxylic acids is 1. The van der Waals surface area contributed by atoms with E-state index in [4.69, 9.17) is 10.5 Å². The highest BCUT2D eigenvalue weighted by atomic mass is 16.5. The van der Waals surface area contributed by atoms with Gasteiger partial charge >= 0.3 is 0 Å². The van der Waals surface area contributed by atoms with Gasteiger partial charge in [0.25, 0.3) is 5.91 Å². The first kappa shape index (κ1) is 14.7. The Bertz CT molecular complexity index is 379. The summed E-state index contributed by atoms with van der Waals surface area (Å²) < 4.78 is 5.08. The van der Waals surface area contributed by atoms with Crippen molar-refractivity contribution in [2.75, 3.05) is 20.3 Å². The highest BCUT2D eigenvalue weighted by molar-refractivity contribution is 5.97. The molecule has 1 aromatic rings. The van der Waals surface area contributed by atoms with Gasteiger partial charge in [-0.1, -0.05) is 18.2 Å². The molecular formula is C14H22N2O2. The van der Waals surface area contributed by atoms with Crippen molar-refractivity contribution in [1.29, 1.82) is 0 Å². The fourth-order valence-corrected chi connectivity index (χ4v) is 2.03. The third-order valence-corrected chi connectivity index (χ3v) is 2.93. The summed E-state index contributed by atoms with van der Waals surface area (Å²) in [6.45, 7) is 4.89. The van der Waals surface area contributed by atoms with Crippen LogP contribution in [0.2, 0.25) is 0 Å². The molecular weight excluding hydrogens is 228 g/mol. The Kier molecular flexibility index (Phi) is 5.82. The number of methoxy groups -OCH3 is 1. The first-order valence-electron chi connectivity index (χ1n) is 6.16. The molecule has 0 bridgehead atoms. The molecule has 1 aromatic carbocycles. The van der Waals surface area contributed by atoms with Crippen molar-refractivity contribution in [2.45, 2.75) is 26.3 Å². The van der Waals surface area contributed by atoms with Crippen LogP contribution in [0.5, 0.6) is 0 Å². The fraction of sp³-hybridized carbons (Fsp3) is 0.500. The third-order valence-electron chi connectivity index (χ3n) is 2.93. The van der Waals surface area contributed by atoms with Gasteiger partial charge in [-0.3, -0.25) is 4.79 Å². The molecule has 1 amide bonds. The van der Waals surface area contributed by atoms with Crippen LogP contribution in [0, 0.1) is 13.8 Å². The van der Waals surface area contributed by atoms with Crippen molar-refractivity contribution in [1.82, 2.24) is 5.32 Å². The molecule has 0 aliphatic heterocycles. The smallest absolute Gasteiger partial charge is 0.252 e. The molecule has 0 heterocycles. The summed E-state index contributed by atoms with van der Waals surface area (Å²) >= 11 is 0. The van der Waals surface area contributed by atoms with Gasteiger partial charge in [0, 0.05) is 12.7 Å². The molecule has 0 aliphatic rings.